The van der Waals surface area contributed by atoms with Crippen molar-refractivity contribution in [1.29, 1.82) is 0 Å². The van der Waals surface area contributed by atoms with Crippen LogP contribution in [-0.2, 0) is 14.3 Å². The third-order valence-corrected chi connectivity index (χ3v) is 17.5. The number of allylic oxidation sites excluding steroid dienone is 3. The second kappa shape index (κ2) is 70.8. The predicted molar refractivity (Wildman–Crippen MR) is 356 cm³/mol. The van der Waals surface area contributed by atoms with E-state index < -0.39 is 12.1 Å². The SMILES string of the molecule is CCCCCCCCCCCCCCCCCCCCCCCCCCC(O)C(CO)NC(=O)CCCCCCCCCCCCCCCC/C=C\C/C=C\CCOC(=O)CCCCCCCCCCCCCCCCCCCCC. The van der Waals surface area contributed by atoms with E-state index in [0.717, 1.165) is 51.4 Å². The molecule has 480 valence electrons. The molecule has 2 unspecified atom stereocenters. The highest BCUT2D eigenvalue weighted by Gasteiger charge is 2.20. The van der Waals surface area contributed by atoms with Gasteiger partial charge in [-0.1, -0.05) is 385 Å². The van der Waals surface area contributed by atoms with Crippen molar-refractivity contribution in [2.75, 3.05) is 13.2 Å². The Balaban J connectivity index is 3.42. The summed E-state index contributed by atoms with van der Waals surface area (Å²) in [6.45, 7) is 4.89. The Labute approximate surface area is 507 Å². The van der Waals surface area contributed by atoms with Crippen molar-refractivity contribution in [1.82, 2.24) is 5.32 Å². The number of esters is 1. The lowest BCUT2D eigenvalue weighted by atomic mass is 10.0. The van der Waals surface area contributed by atoms with E-state index in [1.54, 1.807) is 0 Å². The molecule has 0 aliphatic carbocycles. The normalized spacial score (nSPS) is 12.6. The van der Waals surface area contributed by atoms with Crippen molar-refractivity contribution in [3.63, 3.8) is 0 Å². The predicted octanol–water partition coefficient (Wildman–Crippen LogP) is 24.1. The topological polar surface area (TPSA) is 95.9 Å². The number of unbranched alkanes of at least 4 members (excludes halogenated alkanes) is 55. The summed E-state index contributed by atoms with van der Waals surface area (Å²) < 4.78 is 5.45. The minimum Gasteiger partial charge on any atom is -0.465 e. The van der Waals surface area contributed by atoms with Crippen LogP contribution in [0.25, 0.3) is 0 Å². The van der Waals surface area contributed by atoms with Gasteiger partial charge in [0.1, 0.15) is 0 Å². The zero-order valence-electron chi connectivity index (χ0n) is 55.0. The van der Waals surface area contributed by atoms with E-state index in [2.05, 4.69) is 43.5 Å². The number of hydrogen-bond acceptors (Lipinski definition) is 5. The number of carbonyl (C=O) groups excluding carboxylic acids is 2. The van der Waals surface area contributed by atoms with Gasteiger partial charge >= 0.3 is 5.97 Å². The number of carbonyl (C=O) groups is 2. The van der Waals surface area contributed by atoms with Gasteiger partial charge in [-0.05, 0) is 44.9 Å². The Morgan fingerprint density at radius 1 is 0.346 bits per heavy atom. The van der Waals surface area contributed by atoms with Crippen LogP contribution >= 0.6 is 0 Å². The van der Waals surface area contributed by atoms with E-state index in [-0.39, 0.29) is 18.5 Å². The van der Waals surface area contributed by atoms with Crippen molar-refractivity contribution < 1.29 is 24.5 Å². The Kier molecular flexibility index (Phi) is 69.4. The Hall–Kier alpha value is -1.66. The summed E-state index contributed by atoms with van der Waals surface area (Å²) in [6.07, 6.45) is 89.7. The first-order valence-corrected chi connectivity index (χ1v) is 37.1. The second-order valence-corrected chi connectivity index (χ2v) is 25.6. The lowest BCUT2D eigenvalue weighted by molar-refractivity contribution is -0.143. The van der Waals surface area contributed by atoms with Crippen LogP contribution in [0.4, 0.5) is 0 Å². The maximum atomic E-state index is 12.6. The summed E-state index contributed by atoms with van der Waals surface area (Å²) in [7, 11) is 0. The van der Waals surface area contributed by atoms with Gasteiger partial charge in [-0.15, -0.1) is 0 Å². The van der Waals surface area contributed by atoms with Gasteiger partial charge in [0.25, 0.3) is 0 Å². The summed E-state index contributed by atoms with van der Waals surface area (Å²) >= 11 is 0. The molecule has 1 amide bonds. The maximum Gasteiger partial charge on any atom is 0.305 e. The lowest BCUT2D eigenvalue weighted by Gasteiger charge is -2.22. The standard InChI is InChI=1S/C75H145NO5/c1-3-5-7-9-11-13-15-17-19-21-23-24-25-26-28-32-35-39-43-47-51-55-59-63-67-73(78)72(71-77)76-74(79)68-64-60-56-52-48-44-40-36-33-29-27-30-34-38-42-46-50-54-58-62-66-70-81-75(80)69-65-61-57-53-49-45-41-37-31-22-20-18-16-14-12-10-8-6-4-2/h46,50,58,62,72-73,77-78H,3-45,47-49,51-57,59-61,63-71H2,1-2H3,(H,76,79)/b50-46-,62-58-. The van der Waals surface area contributed by atoms with E-state index in [0.29, 0.717) is 25.9 Å². The van der Waals surface area contributed by atoms with Gasteiger partial charge in [-0.2, -0.15) is 0 Å². The summed E-state index contributed by atoms with van der Waals surface area (Å²) in [5, 5.41) is 23.5. The average Bonchev–Trinajstić information content (AvgIpc) is 3.47. The molecule has 0 aliphatic rings. The molecule has 0 aliphatic heterocycles. The average molecular weight is 1140 g/mol. The van der Waals surface area contributed by atoms with Crippen molar-refractivity contribution >= 4 is 11.9 Å². The molecule has 0 saturated carbocycles. The highest BCUT2D eigenvalue weighted by molar-refractivity contribution is 5.76. The number of rotatable bonds is 70. The Morgan fingerprint density at radius 2 is 0.617 bits per heavy atom. The van der Waals surface area contributed by atoms with E-state index >= 15 is 0 Å². The number of aliphatic hydroxyl groups is 2. The van der Waals surface area contributed by atoms with Crippen molar-refractivity contribution in [3.05, 3.63) is 24.3 Å². The monoisotopic (exact) mass is 1140 g/mol. The molecule has 0 aromatic carbocycles. The van der Waals surface area contributed by atoms with E-state index in [1.807, 2.05) is 0 Å². The molecule has 81 heavy (non-hydrogen) atoms. The summed E-state index contributed by atoms with van der Waals surface area (Å²) in [6, 6.07) is -0.547. The fraction of sp³-hybridized carbons (Fsp3) is 0.920. The smallest absolute Gasteiger partial charge is 0.305 e. The molecule has 0 heterocycles. The summed E-state index contributed by atoms with van der Waals surface area (Å²) in [5.74, 6) is -0.0637. The molecule has 6 nitrogen and oxygen atoms in total. The van der Waals surface area contributed by atoms with Gasteiger partial charge in [0.15, 0.2) is 0 Å². The highest BCUT2D eigenvalue weighted by atomic mass is 16.5. The molecule has 6 heteroatoms. The molecule has 0 aromatic rings. The first-order valence-electron chi connectivity index (χ1n) is 37.1. The van der Waals surface area contributed by atoms with E-state index in [1.165, 1.54) is 334 Å². The molecule has 0 aromatic heterocycles. The van der Waals surface area contributed by atoms with Crippen molar-refractivity contribution in [2.45, 2.75) is 431 Å². The number of aliphatic hydroxyl groups excluding tert-OH is 2. The first-order chi connectivity index (χ1) is 40.0. The molecule has 0 saturated heterocycles. The third-order valence-electron chi connectivity index (χ3n) is 17.5. The number of hydrogen-bond donors (Lipinski definition) is 3. The van der Waals surface area contributed by atoms with Crippen LogP contribution in [0.2, 0.25) is 0 Å². The molecule has 0 spiro atoms. The summed E-state index contributed by atoms with van der Waals surface area (Å²) in [5.41, 5.74) is 0. The second-order valence-electron chi connectivity index (χ2n) is 25.6. The molecule has 0 rings (SSSR count). The quantitative estimate of drug-likeness (QED) is 0.0320. The molecule has 3 N–H and O–H groups in total. The zero-order valence-corrected chi connectivity index (χ0v) is 55.0. The van der Waals surface area contributed by atoms with Crippen LogP contribution in [0.5, 0.6) is 0 Å². The molecule has 0 radical (unpaired) electrons. The van der Waals surface area contributed by atoms with Crippen LogP contribution in [0.15, 0.2) is 24.3 Å². The van der Waals surface area contributed by atoms with Gasteiger partial charge < -0.3 is 20.3 Å². The van der Waals surface area contributed by atoms with Crippen LogP contribution < -0.4 is 5.32 Å². The Bertz CT molecular complexity index is 1270. The van der Waals surface area contributed by atoms with E-state index in [4.69, 9.17) is 4.74 Å². The van der Waals surface area contributed by atoms with Crippen molar-refractivity contribution in [2.24, 2.45) is 0 Å². The van der Waals surface area contributed by atoms with Crippen LogP contribution in [0, 0.1) is 0 Å². The van der Waals surface area contributed by atoms with Gasteiger partial charge in [0, 0.05) is 12.8 Å². The number of amides is 1. The molecule has 0 bridgehead atoms. The molecular formula is C75H145NO5. The fourth-order valence-corrected chi connectivity index (χ4v) is 11.9. The van der Waals surface area contributed by atoms with E-state index in [9.17, 15) is 19.8 Å². The Morgan fingerprint density at radius 3 is 0.938 bits per heavy atom. The maximum absolute atomic E-state index is 12.6. The summed E-state index contributed by atoms with van der Waals surface area (Å²) in [4.78, 5) is 24.7. The minimum absolute atomic E-state index is 0.0291. The van der Waals surface area contributed by atoms with Crippen LogP contribution in [-0.4, -0.2) is 47.4 Å². The van der Waals surface area contributed by atoms with Gasteiger partial charge in [-0.3, -0.25) is 9.59 Å². The fourth-order valence-electron chi connectivity index (χ4n) is 11.9. The number of ether oxygens (including phenoxy) is 1. The highest BCUT2D eigenvalue weighted by Crippen LogP contribution is 2.20. The van der Waals surface area contributed by atoms with Gasteiger partial charge in [0.05, 0.1) is 25.4 Å². The number of nitrogens with one attached hydrogen (secondary N) is 1. The van der Waals surface area contributed by atoms with Crippen molar-refractivity contribution in [3.8, 4) is 0 Å². The van der Waals surface area contributed by atoms with Crippen LogP contribution in [0.3, 0.4) is 0 Å². The van der Waals surface area contributed by atoms with Gasteiger partial charge in [-0.25, -0.2) is 0 Å². The first kappa shape index (κ1) is 79.3. The zero-order chi connectivity index (χ0) is 58.5. The lowest BCUT2D eigenvalue weighted by Crippen LogP contribution is -2.45. The molecule has 2 atom stereocenters. The molecule has 0 fully saturated rings. The van der Waals surface area contributed by atoms with Gasteiger partial charge in [0.2, 0.25) is 5.91 Å². The minimum atomic E-state index is -0.669. The van der Waals surface area contributed by atoms with Crippen LogP contribution in [0.1, 0.15) is 418 Å². The third kappa shape index (κ3) is 67.3. The molecular weight excluding hydrogens is 995 g/mol. The largest absolute Gasteiger partial charge is 0.465 e.